The summed E-state index contributed by atoms with van der Waals surface area (Å²) in [5.74, 6) is 0. The maximum Gasteiger partial charge on any atom is 0.0772 e. The molecule has 2 aliphatic rings. The Morgan fingerprint density at radius 1 is 0.431 bits per heavy atom. The van der Waals surface area contributed by atoms with Gasteiger partial charge in [0, 0.05) is 44.3 Å². The highest BCUT2D eigenvalue weighted by atomic mass is 14.8. The van der Waals surface area contributed by atoms with Crippen LogP contribution in [0.5, 0.6) is 0 Å². The molecule has 3 aromatic heterocycles. The summed E-state index contributed by atoms with van der Waals surface area (Å²) in [6, 6.07) is 50.8. The minimum Gasteiger partial charge on any atom is -0.354 e. The number of hydrogen-bond donors (Lipinski definition) is 2. The number of aromatic amines is 2. The zero-order valence-corrected chi connectivity index (χ0v) is 28.0. The van der Waals surface area contributed by atoms with Crippen LogP contribution in [-0.4, -0.2) is 19.9 Å². The summed E-state index contributed by atoms with van der Waals surface area (Å²) in [7, 11) is 0. The molecule has 9 rings (SSSR count). The number of hydrogen-bond acceptors (Lipinski definition) is 2. The molecule has 5 heterocycles. The molecule has 2 aliphatic heterocycles. The van der Waals surface area contributed by atoms with Gasteiger partial charge in [-0.15, -0.1) is 6.58 Å². The number of rotatable bonds is 6. The Morgan fingerprint density at radius 3 is 1.35 bits per heavy atom. The van der Waals surface area contributed by atoms with Gasteiger partial charge in [0.1, 0.15) is 0 Å². The lowest BCUT2D eigenvalue weighted by Gasteiger charge is -2.08. The van der Waals surface area contributed by atoms with E-state index in [1.54, 1.807) is 0 Å². The summed E-state index contributed by atoms with van der Waals surface area (Å²) in [6.45, 7) is 4.14. The number of allylic oxidation sites excluding steroid dienone is 2. The number of aromatic nitrogens is 4. The first-order valence-electron chi connectivity index (χ1n) is 17.3. The third kappa shape index (κ3) is 5.53. The van der Waals surface area contributed by atoms with Gasteiger partial charge in [-0.1, -0.05) is 127 Å². The average Bonchev–Trinajstić information content (AvgIpc) is 4.01. The van der Waals surface area contributed by atoms with Crippen LogP contribution in [0.2, 0.25) is 0 Å². The van der Waals surface area contributed by atoms with Gasteiger partial charge < -0.3 is 9.97 Å². The van der Waals surface area contributed by atoms with Crippen LogP contribution < -0.4 is 0 Å². The molecule has 0 amide bonds. The number of benzene rings is 4. The smallest absolute Gasteiger partial charge is 0.0772 e. The first-order valence-corrected chi connectivity index (χ1v) is 17.3. The Kier molecular flexibility index (Phi) is 7.67. The van der Waals surface area contributed by atoms with Crippen molar-refractivity contribution in [1.29, 1.82) is 0 Å². The second-order valence-corrected chi connectivity index (χ2v) is 12.8. The van der Waals surface area contributed by atoms with E-state index < -0.39 is 0 Å². The number of H-pyrrole nitrogens is 2. The molecular weight excluding hydrogens is 621 g/mol. The highest BCUT2D eigenvalue weighted by Crippen LogP contribution is 2.41. The molecule has 0 saturated carbocycles. The molecule has 242 valence electrons. The highest BCUT2D eigenvalue weighted by molar-refractivity contribution is 6.02. The van der Waals surface area contributed by atoms with Crippen molar-refractivity contribution in [2.24, 2.45) is 0 Å². The lowest BCUT2D eigenvalue weighted by molar-refractivity contribution is 1.26. The number of nitrogens with one attached hydrogen (secondary N) is 2. The predicted octanol–water partition coefficient (Wildman–Crippen LogP) is 12.3. The molecule has 0 aliphatic carbocycles. The van der Waals surface area contributed by atoms with Crippen molar-refractivity contribution in [1.82, 2.24) is 19.9 Å². The zero-order chi connectivity index (χ0) is 34.1. The summed E-state index contributed by atoms with van der Waals surface area (Å²) >= 11 is 0. The molecule has 0 fully saturated rings. The van der Waals surface area contributed by atoms with E-state index in [4.69, 9.17) is 9.97 Å². The van der Waals surface area contributed by atoms with Gasteiger partial charge in [0.2, 0.25) is 0 Å². The topological polar surface area (TPSA) is 57.4 Å². The van der Waals surface area contributed by atoms with E-state index in [2.05, 4.69) is 174 Å². The van der Waals surface area contributed by atoms with E-state index in [0.29, 0.717) is 6.42 Å². The van der Waals surface area contributed by atoms with Crippen molar-refractivity contribution in [2.75, 3.05) is 0 Å². The van der Waals surface area contributed by atoms with Gasteiger partial charge in [0.15, 0.2) is 0 Å². The van der Waals surface area contributed by atoms with Crippen LogP contribution in [0.15, 0.2) is 158 Å². The second-order valence-electron chi connectivity index (χ2n) is 12.8. The molecule has 8 bridgehead atoms. The van der Waals surface area contributed by atoms with Crippen LogP contribution in [0, 0.1) is 0 Å². The fourth-order valence-electron chi connectivity index (χ4n) is 7.29. The van der Waals surface area contributed by atoms with E-state index in [1.165, 1.54) is 0 Å². The lowest BCUT2D eigenvalue weighted by atomic mass is 9.98. The Labute approximate surface area is 296 Å². The van der Waals surface area contributed by atoms with Crippen LogP contribution in [0.25, 0.3) is 90.4 Å². The minimum atomic E-state index is 0.673. The van der Waals surface area contributed by atoms with Crippen molar-refractivity contribution in [2.45, 2.75) is 6.42 Å². The van der Waals surface area contributed by atoms with Crippen LogP contribution in [0.1, 0.15) is 29.2 Å². The van der Waals surface area contributed by atoms with Gasteiger partial charge in [-0.05, 0) is 76.7 Å². The Balaban J connectivity index is 1.51. The van der Waals surface area contributed by atoms with Crippen molar-refractivity contribution in [3.8, 4) is 44.5 Å². The summed E-state index contributed by atoms with van der Waals surface area (Å²) < 4.78 is 0. The van der Waals surface area contributed by atoms with Gasteiger partial charge in [-0.25, -0.2) is 9.97 Å². The quantitative estimate of drug-likeness (QED) is 0.175. The fourth-order valence-corrected chi connectivity index (χ4v) is 7.29. The van der Waals surface area contributed by atoms with Crippen LogP contribution >= 0.6 is 0 Å². The second kappa shape index (κ2) is 12.9. The third-order valence-electron chi connectivity index (χ3n) is 9.56. The van der Waals surface area contributed by atoms with Gasteiger partial charge in [-0.2, -0.15) is 0 Å². The van der Waals surface area contributed by atoms with Gasteiger partial charge in [-0.3, -0.25) is 0 Å². The zero-order valence-electron chi connectivity index (χ0n) is 28.0. The summed E-state index contributed by atoms with van der Waals surface area (Å²) in [4.78, 5) is 18.6. The monoisotopic (exact) mass is 654 g/mol. The van der Waals surface area contributed by atoms with Crippen LogP contribution in [0.4, 0.5) is 0 Å². The van der Waals surface area contributed by atoms with Crippen LogP contribution in [0.3, 0.4) is 0 Å². The minimum absolute atomic E-state index is 0.673. The molecule has 2 N–H and O–H groups in total. The molecule has 7 aromatic rings. The number of nitrogens with zero attached hydrogens (tertiary/aromatic N) is 2. The molecule has 4 heteroatoms. The summed E-state index contributed by atoms with van der Waals surface area (Å²) in [5, 5.41) is 0. The molecule has 51 heavy (non-hydrogen) atoms. The molecular formula is C47H34N4. The summed E-state index contributed by atoms with van der Waals surface area (Å²) in [5.41, 5.74) is 17.2. The Morgan fingerprint density at radius 2 is 0.843 bits per heavy atom. The van der Waals surface area contributed by atoms with E-state index >= 15 is 0 Å². The van der Waals surface area contributed by atoms with Gasteiger partial charge >= 0.3 is 0 Å². The van der Waals surface area contributed by atoms with Crippen molar-refractivity contribution >= 4 is 45.9 Å². The largest absolute Gasteiger partial charge is 0.354 e. The van der Waals surface area contributed by atoms with E-state index in [9.17, 15) is 0 Å². The maximum absolute atomic E-state index is 5.51. The SMILES string of the molecule is C=CCC1=Cc2nc1c(-c1ccccc1)c1ccc([nH]1)c(-c1ccccc1)c1ccc([nH]1)c(-c1ccccc1)c1nc(c2-c2ccccc2)C=C1. The summed E-state index contributed by atoms with van der Waals surface area (Å²) in [6.07, 6.45) is 9.12. The molecule has 4 aromatic carbocycles. The molecule has 4 nitrogen and oxygen atoms in total. The normalized spacial score (nSPS) is 12.1. The third-order valence-corrected chi connectivity index (χ3v) is 9.56. The van der Waals surface area contributed by atoms with Gasteiger partial charge in [0.05, 0.1) is 22.8 Å². The van der Waals surface area contributed by atoms with E-state index in [0.717, 1.165) is 94.9 Å². The molecule has 0 unspecified atom stereocenters. The lowest BCUT2D eigenvalue weighted by Crippen LogP contribution is -1.91. The Bertz CT molecular complexity index is 2640. The first-order chi connectivity index (χ1) is 25.2. The number of fused-ring (bicyclic) bond motifs is 8. The molecule has 0 radical (unpaired) electrons. The highest BCUT2D eigenvalue weighted by Gasteiger charge is 2.22. The Hall–Kier alpha value is -6.78. The van der Waals surface area contributed by atoms with Crippen LogP contribution in [-0.2, 0) is 0 Å². The van der Waals surface area contributed by atoms with Crippen molar-refractivity contribution in [3.05, 3.63) is 181 Å². The standard InChI is InChI=1S/C47H34N4/c1-2-15-35-30-42-45(33-20-11-5-12-21-33)40-27-26-38(49-40)43(31-16-7-3-8-17-31)36-24-25-37(48-36)44(32-18-9-4-10-19-32)39-28-29-41(50-39)46(47(35)51-42)34-22-13-6-14-23-34/h2-14,16-30,48,50H,1,15H2. The molecule has 0 spiro atoms. The van der Waals surface area contributed by atoms with Crippen molar-refractivity contribution < 1.29 is 0 Å². The maximum atomic E-state index is 5.51. The van der Waals surface area contributed by atoms with Gasteiger partial charge in [0.25, 0.3) is 0 Å². The molecule has 0 atom stereocenters. The fraction of sp³-hybridized carbons (Fsp3) is 0.0213. The van der Waals surface area contributed by atoms with E-state index in [-0.39, 0.29) is 0 Å². The molecule has 0 saturated heterocycles. The van der Waals surface area contributed by atoms with Crippen molar-refractivity contribution in [3.63, 3.8) is 0 Å². The van der Waals surface area contributed by atoms with E-state index in [1.807, 2.05) is 12.1 Å². The average molecular weight is 655 g/mol. The first kappa shape index (κ1) is 30.3. The predicted molar refractivity (Wildman–Crippen MR) is 214 cm³/mol.